The molecule has 1 amide bonds. The molecule has 8 heteroatoms. The minimum absolute atomic E-state index is 0.445. The summed E-state index contributed by atoms with van der Waals surface area (Å²) in [6, 6.07) is 1.42. The van der Waals surface area contributed by atoms with Gasteiger partial charge in [0.25, 0.3) is 0 Å². The van der Waals surface area contributed by atoms with Crippen LogP contribution in [0.25, 0.3) is 0 Å². The zero-order valence-corrected chi connectivity index (χ0v) is 11.2. The molecule has 2 aromatic heterocycles. The lowest BCUT2D eigenvalue weighted by atomic mass is 10.00. The molecule has 0 bridgehead atoms. The SMILES string of the molecule is CCn1ccc([C@@H]2C(C(N)=O)=C(C)Nc3ncnn32)n1. The van der Waals surface area contributed by atoms with Crippen LogP contribution in [0.5, 0.6) is 0 Å². The van der Waals surface area contributed by atoms with E-state index in [4.69, 9.17) is 5.73 Å². The molecule has 3 N–H and O–H groups in total. The monoisotopic (exact) mass is 273 g/mol. The van der Waals surface area contributed by atoms with E-state index in [9.17, 15) is 4.79 Å². The number of carbonyl (C=O) groups excluding carboxylic acids is 1. The molecule has 104 valence electrons. The Morgan fingerprint density at radius 2 is 2.35 bits per heavy atom. The third-order valence-electron chi connectivity index (χ3n) is 3.33. The van der Waals surface area contributed by atoms with Crippen LogP contribution < -0.4 is 11.1 Å². The van der Waals surface area contributed by atoms with Gasteiger partial charge in [0, 0.05) is 18.4 Å². The average molecular weight is 273 g/mol. The number of anilines is 1. The number of hydrogen-bond acceptors (Lipinski definition) is 5. The number of allylic oxidation sites excluding steroid dienone is 1. The van der Waals surface area contributed by atoms with E-state index in [1.807, 2.05) is 19.2 Å². The number of aromatic nitrogens is 5. The van der Waals surface area contributed by atoms with Crippen LogP contribution in [-0.2, 0) is 11.3 Å². The molecule has 3 heterocycles. The lowest BCUT2D eigenvalue weighted by Gasteiger charge is -2.26. The van der Waals surface area contributed by atoms with E-state index in [0.717, 1.165) is 6.54 Å². The summed E-state index contributed by atoms with van der Waals surface area (Å²) in [7, 11) is 0. The van der Waals surface area contributed by atoms with Gasteiger partial charge in [-0.25, -0.2) is 4.68 Å². The Hall–Kier alpha value is -2.64. The minimum atomic E-state index is -0.493. The Bertz CT molecular complexity index is 696. The summed E-state index contributed by atoms with van der Waals surface area (Å²) in [5, 5.41) is 11.7. The maximum absolute atomic E-state index is 11.8. The maximum atomic E-state index is 11.8. The largest absolute Gasteiger partial charge is 0.366 e. The second-order valence-electron chi connectivity index (χ2n) is 4.55. The Morgan fingerprint density at radius 3 is 3.00 bits per heavy atom. The number of fused-ring (bicyclic) bond motifs is 1. The Labute approximate surface area is 115 Å². The number of aryl methyl sites for hydroxylation is 1. The summed E-state index contributed by atoms with van der Waals surface area (Å²) in [5.41, 5.74) is 7.36. The van der Waals surface area contributed by atoms with Gasteiger partial charge in [-0.05, 0) is 19.9 Å². The van der Waals surface area contributed by atoms with Crippen molar-refractivity contribution in [2.24, 2.45) is 5.73 Å². The molecule has 0 fully saturated rings. The topological polar surface area (TPSA) is 104 Å². The summed E-state index contributed by atoms with van der Waals surface area (Å²) < 4.78 is 3.41. The molecule has 0 aliphatic carbocycles. The van der Waals surface area contributed by atoms with Crippen molar-refractivity contribution >= 4 is 11.9 Å². The van der Waals surface area contributed by atoms with Gasteiger partial charge in [-0.15, -0.1) is 0 Å². The van der Waals surface area contributed by atoms with Crippen molar-refractivity contribution in [2.45, 2.75) is 26.4 Å². The summed E-state index contributed by atoms with van der Waals surface area (Å²) >= 11 is 0. The number of primary amides is 1. The number of hydrogen-bond donors (Lipinski definition) is 2. The Kier molecular flexibility index (Phi) is 2.78. The Balaban J connectivity index is 2.16. The lowest BCUT2D eigenvalue weighted by Crippen LogP contribution is -2.32. The molecule has 0 aromatic carbocycles. The van der Waals surface area contributed by atoms with Crippen molar-refractivity contribution in [3.63, 3.8) is 0 Å². The summed E-state index contributed by atoms with van der Waals surface area (Å²) in [6.07, 6.45) is 3.30. The molecule has 1 aliphatic rings. The third kappa shape index (κ3) is 1.77. The fourth-order valence-electron chi connectivity index (χ4n) is 2.38. The van der Waals surface area contributed by atoms with E-state index >= 15 is 0 Å². The maximum Gasteiger partial charge on any atom is 0.248 e. The van der Waals surface area contributed by atoms with Gasteiger partial charge in [-0.3, -0.25) is 9.48 Å². The van der Waals surface area contributed by atoms with E-state index < -0.39 is 11.9 Å². The molecule has 0 saturated carbocycles. The van der Waals surface area contributed by atoms with Crippen LogP contribution in [0.4, 0.5) is 5.95 Å². The molecule has 2 aromatic rings. The first-order valence-electron chi connectivity index (χ1n) is 6.32. The molecule has 1 aliphatic heterocycles. The molecule has 1 atom stereocenters. The lowest BCUT2D eigenvalue weighted by molar-refractivity contribution is -0.115. The van der Waals surface area contributed by atoms with E-state index in [-0.39, 0.29) is 0 Å². The van der Waals surface area contributed by atoms with Crippen LogP contribution in [0.2, 0.25) is 0 Å². The zero-order chi connectivity index (χ0) is 14.3. The van der Waals surface area contributed by atoms with Crippen LogP contribution in [0, 0.1) is 0 Å². The first kappa shape index (κ1) is 12.4. The van der Waals surface area contributed by atoms with Crippen molar-refractivity contribution in [2.75, 3.05) is 5.32 Å². The zero-order valence-electron chi connectivity index (χ0n) is 11.2. The summed E-state index contributed by atoms with van der Waals surface area (Å²) in [6.45, 7) is 4.54. The highest BCUT2D eigenvalue weighted by atomic mass is 16.1. The fraction of sp³-hybridized carbons (Fsp3) is 0.333. The van der Waals surface area contributed by atoms with Gasteiger partial charge < -0.3 is 11.1 Å². The highest BCUT2D eigenvalue weighted by molar-refractivity contribution is 5.95. The normalized spacial score (nSPS) is 17.8. The second-order valence-corrected chi connectivity index (χ2v) is 4.55. The molecule has 8 nitrogen and oxygen atoms in total. The third-order valence-corrected chi connectivity index (χ3v) is 3.33. The van der Waals surface area contributed by atoms with E-state index in [1.54, 1.807) is 16.3 Å². The summed E-state index contributed by atoms with van der Waals surface area (Å²) in [4.78, 5) is 15.9. The first-order chi connectivity index (χ1) is 9.61. The number of amides is 1. The van der Waals surface area contributed by atoms with Crippen molar-refractivity contribution < 1.29 is 4.79 Å². The van der Waals surface area contributed by atoms with Gasteiger partial charge in [-0.2, -0.15) is 15.2 Å². The van der Waals surface area contributed by atoms with Crippen LogP contribution in [0.15, 0.2) is 29.9 Å². The minimum Gasteiger partial charge on any atom is -0.366 e. The quantitative estimate of drug-likeness (QED) is 0.835. The highest BCUT2D eigenvalue weighted by Gasteiger charge is 2.33. The predicted octanol–water partition coefficient (Wildman–Crippen LogP) is 0.269. The first-order valence-corrected chi connectivity index (χ1v) is 6.32. The predicted molar refractivity (Wildman–Crippen MR) is 71.6 cm³/mol. The van der Waals surface area contributed by atoms with Crippen LogP contribution in [0.1, 0.15) is 25.6 Å². The molecular formula is C12H15N7O. The van der Waals surface area contributed by atoms with Gasteiger partial charge in [0.05, 0.1) is 11.3 Å². The molecule has 0 saturated heterocycles. The highest BCUT2D eigenvalue weighted by Crippen LogP contribution is 2.33. The summed E-state index contributed by atoms with van der Waals surface area (Å²) in [5.74, 6) is 0.0794. The number of carbonyl (C=O) groups is 1. The molecule has 0 radical (unpaired) electrons. The van der Waals surface area contributed by atoms with Gasteiger partial charge in [0.15, 0.2) is 0 Å². The number of nitrogens with zero attached hydrogens (tertiary/aromatic N) is 5. The number of nitrogens with two attached hydrogens (primary N) is 1. The number of rotatable bonds is 3. The Morgan fingerprint density at radius 1 is 1.55 bits per heavy atom. The van der Waals surface area contributed by atoms with Gasteiger partial charge in [-0.1, -0.05) is 0 Å². The molecule has 20 heavy (non-hydrogen) atoms. The van der Waals surface area contributed by atoms with Crippen LogP contribution in [0.3, 0.4) is 0 Å². The second kappa shape index (κ2) is 4.48. The van der Waals surface area contributed by atoms with Crippen LogP contribution in [-0.4, -0.2) is 30.5 Å². The van der Waals surface area contributed by atoms with Crippen molar-refractivity contribution in [1.29, 1.82) is 0 Å². The molecule has 3 rings (SSSR count). The van der Waals surface area contributed by atoms with Crippen molar-refractivity contribution in [1.82, 2.24) is 24.5 Å². The van der Waals surface area contributed by atoms with Crippen molar-refractivity contribution in [3.05, 3.63) is 35.6 Å². The average Bonchev–Trinajstić information content (AvgIpc) is 3.04. The smallest absolute Gasteiger partial charge is 0.248 e. The van der Waals surface area contributed by atoms with Crippen LogP contribution >= 0.6 is 0 Å². The standard InChI is InChI=1S/C12H15N7O/c1-3-18-5-4-8(17-18)10-9(11(13)20)7(2)16-12-14-6-15-19(10)12/h4-6,10H,3H2,1-2H3,(H2,13,20)(H,14,15,16)/t10-/m1/s1. The number of nitrogens with one attached hydrogen (secondary N) is 1. The van der Waals surface area contributed by atoms with E-state index in [0.29, 0.717) is 22.9 Å². The van der Waals surface area contributed by atoms with Gasteiger partial charge in [0.1, 0.15) is 12.4 Å². The van der Waals surface area contributed by atoms with Gasteiger partial charge >= 0.3 is 0 Å². The molecular weight excluding hydrogens is 258 g/mol. The van der Waals surface area contributed by atoms with E-state index in [1.165, 1.54) is 6.33 Å². The van der Waals surface area contributed by atoms with Gasteiger partial charge in [0.2, 0.25) is 11.9 Å². The molecule has 0 unspecified atom stereocenters. The van der Waals surface area contributed by atoms with E-state index in [2.05, 4.69) is 20.5 Å². The molecule has 0 spiro atoms. The van der Waals surface area contributed by atoms with Crippen molar-refractivity contribution in [3.8, 4) is 0 Å². The fourth-order valence-corrected chi connectivity index (χ4v) is 2.38.